The van der Waals surface area contributed by atoms with Crippen LogP contribution in [0.5, 0.6) is 0 Å². The zero-order valence-electron chi connectivity index (χ0n) is 11.5. The molecule has 1 fully saturated rings. The molecule has 1 saturated heterocycles. The highest BCUT2D eigenvalue weighted by Crippen LogP contribution is 2.15. The van der Waals surface area contributed by atoms with E-state index in [-0.39, 0.29) is 5.75 Å². The van der Waals surface area contributed by atoms with E-state index in [4.69, 9.17) is 4.74 Å². The number of ether oxygens (including phenoxy) is 1. The van der Waals surface area contributed by atoms with Crippen molar-refractivity contribution in [3.8, 4) is 0 Å². The minimum absolute atomic E-state index is 0.219. The molecule has 108 valence electrons. The molecule has 1 rings (SSSR count). The molecule has 1 aliphatic rings. The third kappa shape index (κ3) is 8.02. The van der Waals surface area contributed by atoms with E-state index >= 15 is 0 Å². The SMILES string of the molecule is CN(CCNCCS(C)(=O)=O)CC1CCOCC1. The first-order chi connectivity index (χ1) is 8.47. The Labute approximate surface area is 111 Å². The Hall–Kier alpha value is -0.170. The first-order valence-electron chi connectivity index (χ1n) is 6.62. The van der Waals surface area contributed by atoms with Gasteiger partial charge in [0.25, 0.3) is 0 Å². The Kier molecular flexibility index (Phi) is 7.14. The Morgan fingerprint density at radius 2 is 1.94 bits per heavy atom. The summed E-state index contributed by atoms with van der Waals surface area (Å²) in [5.41, 5.74) is 0. The van der Waals surface area contributed by atoms with Gasteiger partial charge in [-0.05, 0) is 25.8 Å². The predicted molar refractivity (Wildman–Crippen MR) is 73.6 cm³/mol. The van der Waals surface area contributed by atoms with Crippen LogP contribution in [0.25, 0.3) is 0 Å². The molecular weight excluding hydrogens is 252 g/mol. The van der Waals surface area contributed by atoms with Gasteiger partial charge in [-0.3, -0.25) is 0 Å². The van der Waals surface area contributed by atoms with Crippen molar-refractivity contribution in [3.05, 3.63) is 0 Å². The molecule has 5 nitrogen and oxygen atoms in total. The predicted octanol–water partition coefficient (Wildman–Crippen LogP) is -0.0210. The standard InChI is InChI=1S/C12H26N2O3S/c1-14(11-12-3-8-17-9-4-12)7-5-13-6-10-18(2,15)16/h12-13H,3-11H2,1-2H3. The van der Waals surface area contributed by atoms with Crippen LogP contribution >= 0.6 is 0 Å². The lowest BCUT2D eigenvalue weighted by Crippen LogP contribution is -2.35. The molecule has 0 bridgehead atoms. The van der Waals surface area contributed by atoms with Crippen molar-refractivity contribution in [2.75, 3.05) is 58.4 Å². The average molecular weight is 278 g/mol. The van der Waals surface area contributed by atoms with Gasteiger partial charge in [0.2, 0.25) is 0 Å². The smallest absolute Gasteiger partial charge is 0.148 e. The highest BCUT2D eigenvalue weighted by Gasteiger charge is 2.15. The largest absolute Gasteiger partial charge is 0.381 e. The third-order valence-electron chi connectivity index (χ3n) is 3.23. The molecule has 0 saturated carbocycles. The first kappa shape index (κ1) is 15.9. The molecule has 6 heteroatoms. The minimum atomic E-state index is -2.84. The number of likely N-dealkylation sites (N-methyl/N-ethyl adjacent to an activating group) is 1. The van der Waals surface area contributed by atoms with Gasteiger partial charge in [0, 0.05) is 45.6 Å². The van der Waals surface area contributed by atoms with Crippen LogP contribution in [0.3, 0.4) is 0 Å². The Bertz CT molecular complexity index is 313. The number of nitrogens with zero attached hydrogens (tertiary/aromatic N) is 1. The molecule has 0 radical (unpaired) electrons. The van der Waals surface area contributed by atoms with Crippen LogP contribution in [0, 0.1) is 5.92 Å². The van der Waals surface area contributed by atoms with E-state index in [0.717, 1.165) is 51.6 Å². The average Bonchev–Trinajstić information content (AvgIpc) is 2.28. The number of hydrogen-bond donors (Lipinski definition) is 1. The zero-order valence-corrected chi connectivity index (χ0v) is 12.3. The van der Waals surface area contributed by atoms with Gasteiger partial charge in [-0.1, -0.05) is 0 Å². The molecule has 0 spiro atoms. The van der Waals surface area contributed by atoms with Gasteiger partial charge >= 0.3 is 0 Å². The summed E-state index contributed by atoms with van der Waals surface area (Å²) < 4.78 is 27.2. The van der Waals surface area contributed by atoms with Crippen molar-refractivity contribution in [3.63, 3.8) is 0 Å². The van der Waals surface area contributed by atoms with Gasteiger partial charge in [0.15, 0.2) is 0 Å². The molecule has 1 N–H and O–H groups in total. The summed E-state index contributed by atoms with van der Waals surface area (Å²) in [7, 11) is -0.719. The molecule has 0 atom stereocenters. The molecular formula is C12H26N2O3S. The van der Waals surface area contributed by atoms with Crippen molar-refractivity contribution in [2.24, 2.45) is 5.92 Å². The van der Waals surface area contributed by atoms with Crippen LogP contribution < -0.4 is 5.32 Å². The van der Waals surface area contributed by atoms with E-state index in [1.165, 1.54) is 6.26 Å². The van der Waals surface area contributed by atoms with E-state index in [9.17, 15) is 8.42 Å². The highest BCUT2D eigenvalue weighted by atomic mass is 32.2. The second-order valence-electron chi connectivity index (χ2n) is 5.20. The molecule has 0 aliphatic carbocycles. The molecule has 0 aromatic carbocycles. The lowest BCUT2D eigenvalue weighted by atomic mass is 10.00. The maximum Gasteiger partial charge on any atom is 0.148 e. The van der Waals surface area contributed by atoms with Crippen molar-refractivity contribution in [1.82, 2.24) is 10.2 Å². The van der Waals surface area contributed by atoms with E-state index in [1.807, 2.05) is 0 Å². The first-order valence-corrected chi connectivity index (χ1v) is 8.68. The number of rotatable bonds is 8. The summed E-state index contributed by atoms with van der Waals surface area (Å²) >= 11 is 0. The summed E-state index contributed by atoms with van der Waals surface area (Å²) in [6, 6.07) is 0. The van der Waals surface area contributed by atoms with Crippen LogP contribution in [-0.2, 0) is 14.6 Å². The molecule has 0 aromatic heterocycles. The van der Waals surface area contributed by atoms with Crippen LogP contribution in [0.4, 0.5) is 0 Å². The summed E-state index contributed by atoms with van der Waals surface area (Å²) in [5, 5.41) is 3.16. The van der Waals surface area contributed by atoms with E-state index in [1.54, 1.807) is 0 Å². The van der Waals surface area contributed by atoms with Gasteiger partial charge < -0.3 is 15.0 Å². The fourth-order valence-corrected chi connectivity index (χ4v) is 2.63. The fraction of sp³-hybridized carbons (Fsp3) is 1.00. The molecule has 1 aliphatic heterocycles. The Morgan fingerprint density at radius 3 is 2.56 bits per heavy atom. The van der Waals surface area contributed by atoms with Crippen LogP contribution in [-0.4, -0.2) is 71.8 Å². The maximum absolute atomic E-state index is 10.9. The molecule has 18 heavy (non-hydrogen) atoms. The van der Waals surface area contributed by atoms with Crippen molar-refractivity contribution < 1.29 is 13.2 Å². The third-order valence-corrected chi connectivity index (χ3v) is 4.18. The second kappa shape index (κ2) is 8.09. The Morgan fingerprint density at radius 1 is 1.28 bits per heavy atom. The van der Waals surface area contributed by atoms with Crippen LogP contribution in [0.1, 0.15) is 12.8 Å². The number of hydrogen-bond acceptors (Lipinski definition) is 5. The maximum atomic E-state index is 10.9. The summed E-state index contributed by atoms with van der Waals surface area (Å²) in [6.07, 6.45) is 3.59. The number of sulfone groups is 1. The van der Waals surface area contributed by atoms with Crippen LogP contribution in [0.15, 0.2) is 0 Å². The van der Waals surface area contributed by atoms with Crippen molar-refractivity contribution in [1.29, 1.82) is 0 Å². The molecule has 1 heterocycles. The lowest BCUT2D eigenvalue weighted by molar-refractivity contribution is 0.0559. The normalized spacial score (nSPS) is 18.4. The van der Waals surface area contributed by atoms with Gasteiger partial charge in [0.1, 0.15) is 9.84 Å². The van der Waals surface area contributed by atoms with Gasteiger partial charge in [-0.25, -0.2) is 8.42 Å². The lowest BCUT2D eigenvalue weighted by Gasteiger charge is -2.27. The van der Waals surface area contributed by atoms with Crippen molar-refractivity contribution in [2.45, 2.75) is 12.8 Å². The molecule has 0 aromatic rings. The quantitative estimate of drug-likeness (QED) is 0.632. The fourth-order valence-electron chi connectivity index (χ4n) is 2.11. The van der Waals surface area contributed by atoms with Gasteiger partial charge in [-0.2, -0.15) is 0 Å². The van der Waals surface area contributed by atoms with Gasteiger partial charge in [-0.15, -0.1) is 0 Å². The van der Waals surface area contributed by atoms with E-state index < -0.39 is 9.84 Å². The highest BCUT2D eigenvalue weighted by molar-refractivity contribution is 7.90. The minimum Gasteiger partial charge on any atom is -0.381 e. The van der Waals surface area contributed by atoms with Crippen molar-refractivity contribution >= 4 is 9.84 Å². The number of nitrogens with one attached hydrogen (secondary N) is 1. The van der Waals surface area contributed by atoms with Gasteiger partial charge in [0.05, 0.1) is 5.75 Å². The monoisotopic (exact) mass is 278 g/mol. The molecule has 0 unspecified atom stereocenters. The molecule has 0 amide bonds. The summed E-state index contributed by atoms with van der Waals surface area (Å²) in [6.45, 7) is 5.24. The van der Waals surface area contributed by atoms with Crippen LogP contribution in [0.2, 0.25) is 0 Å². The summed E-state index contributed by atoms with van der Waals surface area (Å²) in [5.74, 6) is 0.969. The van der Waals surface area contributed by atoms with E-state index in [2.05, 4.69) is 17.3 Å². The zero-order chi connectivity index (χ0) is 13.4. The van der Waals surface area contributed by atoms with E-state index in [0.29, 0.717) is 6.54 Å². The topological polar surface area (TPSA) is 58.6 Å². The second-order valence-corrected chi connectivity index (χ2v) is 7.46. The summed E-state index contributed by atoms with van der Waals surface area (Å²) in [4.78, 5) is 2.31. The Balaban J connectivity index is 2.01.